The van der Waals surface area contributed by atoms with Gasteiger partial charge in [0.05, 0.1) is 0 Å². The van der Waals surface area contributed by atoms with Crippen molar-refractivity contribution in [2.75, 3.05) is 17.2 Å². The van der Waals surface area contributed by atoms with Crippen LogP contribution in [0.4, 0.5) is 17.8 Å². The summed E-state index contributed by atoms with van der Waals surface area (Å²) in [5.41, 5.74) is 15.4. The number of hydrogen-bond donors (Lipinski definition) is 6. The second kappa shape index (κ2) is 6.71. The predicted octanol–water partition coefficient (Wildman–Crippen LogP) is -2.47. The maximum Gasteiger partial charge on any atom is 2.00 e. The summed E-state index contributed by atoms with van der Waals surface area (Å²) in [5, 5.41) is 0. The molecule has 0 atom stereocenters. The van der Waals surface area contributed by atoms with E-state index in [0.717, 1.165) is 0 Å². The molecule has 0 aliphatic rings. The van der Waals surface area contributed by atoms with Crippen molar-refractivity contribution in [1.82, 2.24) is 15.0 Å². The minimum Gasteiger partial charge on any atom is -1.00 e. The summed E-state index contributed by atoms with van der Waals surface area (Å²) in [6.45, 7) is 0. The standard InChI is InChI=1S/C3H6N6.Mg.H3O4P.2H/c4-1-7-2(5)9-3(6)8-1;;1-5(2,3)4;;/h(H6,4,5,6,7,8,9);;(H3,1,2,3,4);;/q;+2;;2*-1. The Balaban J connectivity index is -0.0000000948. The second-order valence-corrected chi connectivity index (χ2v) is 2.95. The van der Waals surface area contributed by atoms with Crippen LogP contribution in [0, 0.1) is 0 Å². The first-order chi connectivity index (χ1) is 6.18. The molecule has 0 spiro atoms. The largest absolute Gasteiger partial charge is 2.00 e. The topological polar surface area (TPSA) is 194 Å². The van der Waals surface area contributed by atoms with E-state index in [-0.39, 0.29) is 43.8 Å². The van der Waals surface area contributed by atoms with Crippen molar-refractivity contribution >= 4 is 48.7 Å². The normalized spacial score (nSPS) is 9.53. The van der Waals surface area contributed by atoms with Crippen molar-refractivity contribution in [2.45, 2.75) is 0 Å². The third-order valence-corrected chi connectivity index (χ3v) is 0.687. The van der Waals surface area contributed by atoms with Crippen LogP contribution >= 0.6 is 7.82 Å². The van der Waals surface area contributed by atoms with Gasteiger partial charge in [0.2, 0.25) is 17.8 Å². The summed E-state index contributed by atoms with van der Waals surface area (Å²) in [7, 11) is -4.64. The van der Waals surface area contributed by atoms with Gasteiger partial charge in [-0.3, -0.25) is 0 Å². The average Bonchev–Trinajstić information content (AvgIpc) is 1.77. The fourth-order valence-corrected chi connectivity index (χ4v) is 0.427. The van der Waals surface area contributed by atoms with Crippen molar-refractivity contribution in [3.8, 4) is 0 Å². The van der Waals surface area contributed by atoms with E-state index >= 15 is 0 Å². The van der Waals surface area contributed by atoms with Gasteiger partial charge in [-0.2, -0.15) is 15.0 Å². The molecule has 1 aromatic heterocycles. The maximum absolute atomic E-state index is 8.88. The zero-order chi connectivity index (χ0) is 11.4. The molecule has 9 N–H and O–H groups in total. The van der Waals surface area contributed by atoms with Gasteiger partial charge in [0.25, 0.3) is 0 Å². The van der Waals surface area contributed by atoms with E-state index in [1.54, 1.807) is 0 Å². The predicted molar refractivity (Wildman–Crippen MR) is 55.3 cm³/mol. The molecule has 0 aliphatic heterocycles. The van der Waals surface area contributed by atoms with E-state index in [0.29, 0.717) is 0 Å². The van der Waals surface area contributed by atoms with Gasteiger partial charge < -0.3 is 34.7 Å². The van der Waals surface area contributed by atoms with Gasteiger partial charge in [0.15, 0.2) is 0 Å². The van der Waals surface area contributed by atoms with Crippen molar-refractivity contribution in [1.29, 1.82) is 0 Å². The van der Waals surface area contributed by atoms with Crippen LogP contribution in [0.15, 0.2) is 0 Å². The van der Waals surface area contributed by atoms with Crippen molar-refractivity contribution in [2.24, 2.45) is 0 Å². The van der Waals surface area contributed by atoms with Crippen LogP contribution in [-0.2, 0) is 4.57 Å². The summed E-state index contributed by atoms with van der Waals surface area (Å²) in [6.07, 6.45) is 0. The number of phosphoric acid groups is 1. The van der Waals surface area contributed by atoms with E-state index < -0.39 is 7.82 Å². The van der Waals surface area contributed by atoms with Crippen LogP contribution in [0.2, 0.25) is 0 Å². The summed E-state index contributed by atoms with van der Waals surface area (Å²) in [4.78, 5) is 32.0. The van der Waals surface area contributed by atoms with E-state index in [2.05, 4.69) is 15.0 Å². The van der Waals surface area contributed by atoms with Gasteiger partial charge in [-0.15, -0.1) is 0 Å². The van der Waals surface area contributed by atoms with Crippen molar-refractivity contribution in [3.05, 3.63) is 0 Å². The van der Waals surface area contributed by atoms with Crippen LogP contribution in [-0.4, -0.2) is 52.7 Å². The molecule has 0 radical (unpaired) electrons. The number of anilines is 3. The number of nitrogens with zero attached hydrogens (tertiary/aromatic N) is 3. The van der Waals surface area contributed by atoms with E-state index in [4.69, 9.17) is 36.4 Å². The minimum absolute atomic E-state index is 0. The van der Waals surface area contributed by atoms with Crippen molar-refractivity contribution < 1.29 is 22.1 Å². The Morgan fingerprint density at radius 3 is 1.20 bits per heavy atom. The Hall–Kier alpha value is -0.714. The molecule has 1 rings (SSSR count). The molecule has 84 valence electrons. The summed E-state index contributed by atoms with van der Waals surface area (Å²) in [5.74, 6) is 0.125. The SMILES string of the molecule is Nc1nc(N)nc(N)n1.O=P(O)(O)O.[H-].[H-].[Mg+2]. The Labute approximate surface area is 103 Å². The molecule has 0 aliphatic carbocycles. The summed E-state index contributed by atoms with van der Waals surface area (Å²) >= 11 is 0. The van der Waals surface area contributed by atoms with Gasteiger partial charge in [0, 0.05) is 0 Å². The van der Waals surface area contributed by atoms with Gasteiger partial charge in [-0.1, -0.05) is 0 Å². The van der Waals surface area contributed by atoms with Crippen LogP contribution < -0.4 is 17.2 Å². The smallest absolute Gasteiger partial charge is 1.00 e. The zero-order valence-electron chi connectivity index (χ0n) is 9.48. The Kier molecular flexibility index (Phi) is 7.48. The van der Waals surface area contributed by atoms with Crippen LogP contribution in [0.1, 0.15) is 2.85 Å². The van der Waals surface area contributed by atoms with E-state index in [1.807, 2.05) is 0 Å². The molecule has 10 nitrogen and oxygen atoms in total. The third kappa shape index (κ3) is 13.3. The second-order valence-electron chi connectivity index (χ2n) is 1.92. The molecule has 0 bridgehead atoms. The molecule has 0 unspecified atom stereocenters. The first-order valence-corrected chi connectivity index (χ1v) is 4.56. The quantitative estimate of drug-likeness (QED) is 0.212. The first kappa shape index (κ1) is 16.7. The Morgan fingerprint density at radius 2 is 1.07 bits per heavy atom. The fraction of sp³-hybridized carbons (Fsp3) is 0. The molecule has 0 aromatic carbocycles. The van der Waals surface area contributed by atoms with Crippen LogP contribution in [0.5, 0.6) is 0 Å². The molecule has 1 heterocycles. The molecular weight excluding hydrogens is 239 g/mol. The van der Waals surface area contributed by atoms with E-state index in [1.165, 1.54) is 0 Å². The Bertz CT molecular complexity index is 306. The number of rotatable bonds is 0. The molecular formula is C3H11MgN6O4P. The molecule has 15 heavy (non-hydrogen) atoms. The van der Waals surface area contributed by atoms with Gasteiger partial charge in [-0.05, 0) is 0 Å². The zero-order valence-corrected chi connectivity index (χ0v) is 9.79. The van der Waals surface area contributed by atoms with Crippen LogP contribution in [0.3, 0.4) is 0 Å². The molecule has 0 fully saturated rings. The third-order valence-electron chi connectivity index (χ3n) is 0.687. The van der Waals surface area contributed by atoms with Gasteiger partial charge in [-0.25, -0.2) is 4.57 Å². The van der Waals surface area contributed by atoms with Crippen molar-refractivity contribution in [3.63, 3.8) is 0 Å². The molecule has 0 saturated carbocycles. The van der Waals surface area contributed by atoms with Gasteiger partial charge >= 0.3 is 30.9 Å². The summed E-state index contributed by atoms with van der Waals surface area (Å²) < 4.78 is 8.88. The van der Waals surface area contributed by atoms with E-state index in [9.17, 15) is 0 Å². The maximum atomic E-state index is 8.88. The number of nitrogens with two attached hydrogens (primary N) is 3. The summed E-state index contributed by atoms with van der Waals surface area (Å²) in [6, 6.07) is 0. The molecule has 0 saturated heterocycles. The minimum atomic E-state index is -4.64. The monoisotopic (exact) mass is 250 g/mol. The average molecular weight is 250 g/mol. The molecule has 1 aromatic rings. The van der Waals surface area contributed by atoms with Crippen LogP contribution in [0.25, 0.3) is 0 Å². The molecule has 12 heteroatoms. The number of aromatic nitrogens is 3. The molecule has 0 amide bonds. The number of hydrogen-bond acceptors (Lipinski definition) is 7. The van der Waals surface area contributed by atoms with Gasteiger partial charge in [0.1, 0.15) is 0 Å². The number of nitrogen functional groups attached to an aromatic ring is 3. The first-order valence-electron chi connectivity index (χ1n) is 2.99. The fourth-order valence-electron chi connectivity index (χ4n) is 0.427. The Morgan fingerprint density at radius 1 is 0.933 bits per heavy atom.